The normalized spacial score (nSPS) is 14.8. The van der Waals surface area contributed by atoms with Crippen molar-refractivity contribution in [2.24, 2.45) is 0 Å². The van der Waals surface area contributed by atoms with Crippen molar-refractivity contribution in [3.05, 3.63) is 112 Å². The van der Waals surface area contributed by atoms with Crippen molar-refractivity contribution >= 4 is 35.1 Å². The Morgan fingerprint density at radius 2 is 1.79 bits per heavy atom. The maximum atomic E-state index is 14.0. The van der Waals surface area contributed by atoms with Gasteiger partial charge < -0.3 is 5.32 Å². The fourth-order valence-electron chi connectivity index (χ4n) is 3.66. The van der Waals surface area contributed by atoms with E-state index in [1.165, 1.54) is 18.2 Å². The first-order valence-corrected chi connectivity index (χ1v) is 10.7. The minimum atomic E-state index is -0.620. The van der Waals surface area contributed by atoms with Crippen molar-refractivity contribution < 1.29 is 9.18 Å². The number of hydrogen-bond donors (Lipinski definition) is 2. The molecule has 0 saturated heterocycles. The molecule has 2 N–H and O–H groups in total. The molecule has 0 unspecified atom stereocenters. The van der Waals surface area contributed by atoms with E-state index in [-0.39, 0.29) is 17.6 Å². The van der Waals surface area contributed by atoms with E-state index in [2.05, 4.69) is 20.7 Å². The van der Waals surface area contributed by atoms with E-state index in [0.29, 0.717) is 11.0 Å². The van der Waals surface area contributed by atoms with Crippen LogP contribution >= 0.6 is 11.6 Å². The Kier molecular flexibility index (Phi) is 5.40. The number of allylic oxidation sites excluding steroid dienone is 1. The molecule has 0 bridgehead atoms. The van der Waals surface area contributed by atoms with Crippen LogP contribution in [0.3, 0.4) is 0 Å². The molecule has 1 atom stereocenters. The summed E-state index contributed by atoms with van der Waals surface area (Å²) in [5.41, 5.74) is 3.88. The second-order valence-corrected chi connectivity index (χ2v) is 8.14. The first-order chi connectivity index (χ1) is 16.0. The molecule has 0 aliphatic carbocycles. The van der Waals surface area contributed by atoms with Crippen molar-refractivity contribution in [3.8, 4) is 0 Å². The average molecular weight is 460 g/mol. The predicted octanol–water partition coefficient (Wildman–Crippen LogP) is 5.69. The molecule has 0 saturated carbocycles. The molecule has 4 aromatic rings. The number of halogens is 2. The lowest BCUT2D eigenvalue weighted by molar-refractivity contribution is 0.102. The fourth-order valence-corrected chi connectivity index (χ4v) is 3.79. The van der Waals surface area contributed by atoms with Crippen molar-refractivity contribution in [1.29, 1.82) is 0 Å². The van der Waals surface area contributed by atoms with Crippen LogP contribution in [0.15, 0.2) is 78.9 Å². The Labute approximate surface area is 194 Å². The molecule has 0 radical (unpaired) electrons. The Bertz CT molecular complexity index is 1360. The molecule has 1 aromatic heterocycles. The minimum Gasteiger partial charge on any atom is -0.324 e. The summed E-state index contributed by atoms with van der Waals surface area (Å²) < 4.78 is 15.7. The Morgan fingerprint density at radius 1 is 1.06 bits per heavy atom. The molecule has 1 aliphatic rings. The lowest BCUT2D eigenvalue weighted by atomic mass is 10.0. The van der Waals surface area contributed by atoms with Crippen molar-refractivity contribution in [2.75, 3.05) is 10.6 Å². The van der Waals surface area contributed by atoms with Gasteiger partial charge in [-0.25, -0.2) is 9.07 Å². The van der Waals surface area contributed by atoms with Gasteiger partial charge in [-0.2, -0.15) is 4.98 Å². The Morgan fingerprint density at radius 3 is 2.52 bits per heavy atom. The molecule has 33 heavy (non-hydrogen) atoms. The molecule has 3 aromatic carbocycles. The SMILES string of the molecule is Cc1ccc(C2=C[C@H](c3ccc(Cl)cc3)n3nc(NC(=O)c4ccccc4F)nc3N2)cc1. The van der Waals surface area contributed by atoms with Gasteiger partial charge in [0.25, 0.3) is 11.9 Å². The van der Waals surface area contributed by atoms with E-state index in [1.807, 2.05) is 61.5 Å². The summed E-state index contributed by atoms with van der Waals surface area (Å²) in [6.07, 6.45) is 2.04. The van der Waals surface area contributed by atoms with Crippen LogP contribution in [0, 0.1) is 12.7 Å². The zero-order valence-electron chi connectivity index (χ0n) is 17.6. The van der Waals surface area contributed by atoms with E-state index >= 15 is 0 Å². The van der Waals surface area contributed by atoms with Crippen LogP contribution in [0.1, 0.15) is 33.1 Å². The zero-order valence-corrected chi connectivity index (χ0v) is 18.3. The fraction of sp³-hybridized carbons (Fsp3) is 0.0800. The van der Waals surface area contributed by atoms with Crippen molar-refractivity contribution in [3.63, 3.8) is 0 Å². The first kappa shape index (κ1) is 20.9. The van der Waals surface area contributed by atoms with Crippen LogP contribution in [0.4, 0.5) is 16.3 Å². The molecule has 5 rings (SSSR count). The number of nitrogens with zero attached hydrogens (tertiary/aromatic N) is 3. The number of carbonyl (C=O) groups is 1. The van der Waals surface area contributed by atoms with Gasteiger partial charge in [-0.05, 0) is 48.4 Å². The number of nitrogens with one attached hydrogen (secondary N) is 2. The molecule has 8 heteroatoms. The number of carbonyl (C=O) groups excluding carboxylic acids is 1. The maximum absolute atomic E-state index is 14.0. The Hall–Kier alpha value is -3.97. The summed E-state index contributed by atoms with van der Waals surface area (Å²) in [5, 5.41) is 11.0. The highest BCUT2D eigenvalue weighted by Crippen LogP contribution is 2.33. The summed E-state index contributed by atoms with van der Waals surface area (Å²) in [6, 6.07) is 21.1. The van der Waals surface area contributed by atoms with E-state index < -0.39 is 11.7 Å². The number of fused-ring (bicyclic) bond motifs is 1. The number of amides is 1. The maximum Gasteiger partial charge on any atom is 0.261 e. The smallest absolute Gasteiger partial charge is 0.261 e. The van der Waals surface area contributed by atoms with Gasteiger partial charge >= 0.3 is 0 Å². The zero-order chi connectivity index (χ0) is 22.9. The number of rotatable bonds is 4. The van der Waals surface area contributed by atoms with Gasteiger partial charge in [0, 0.05) is 10.7 Å². The largest absolute Gasteiger partial charge is 0.324 e. The molecule has 0 spiro atoms. The van der Waals surface area contributed by atoms with Gasteiger partial charge in [0.15, 0.2) is 0 Å². The van der Waals surface area contributed by atoms with Gasteiger partial charge in [0.05, 0.1) is 5.56 Å². The number of aromatic nitrogens is 3. The number of aryl methyl sites for hydroxylation is 1. The summed E-state index contributed by atoms with van der Waals surface area (Å²) in [6.45, 7) is 2.03. The molecular formula is C25H19ClFN5O. The third-order valence-electron chi connectivity index (χ3n) is 5.38. The predicted molar refractivity (Wildman–Crippen MR) is 127 cm³/mol. The van der Waals surface area contributed by atoms with Gasteiger partial charge in [0.1, 0.15) is 11.9 Å². The van der Waals surface area contributed by atoms with E-state index in [1.54, 1.807) is 10.7 Å². The van der Waals surface area contributed by atoms with E-state index in [0.717, 1.165) is 22.4 Å². The summed E-state index contributed by atoms with van der Waals surface area (Å²) >= 11 is 6.08. The highest BCUT2D eigenvalue weighted by atomic mass is 35.5. The topological polar surface area (TPSA) is 71.8 Å². The molecule has 0 fully saturated rings. The Balaban J connectivity index is 1.52. The lowest BCUT2D eigenvalue weighted by Gasteiger charge is -2.24. The van der Waals surface area contributed by atoms with Gasteiger partial charge in [0.2, 0.25) is 5.95 Å². The first-order valence-electron chi connectivity index (χ1n) is 10.3. The second-order valence-electron chi connectivity index (χ2n) is 7.71. The molecular weight excluding hydrogens is 441 g/mol. The van der Waals surface area contributed by atoms with Crippen molar-refractivity contribution in [1.82, 2.24) is 14.8 Å². The number of anilines is 2. The van der Waals surface area contributed by atoms with Gasteiger partial charge in [-0.3, -0.25) is 10.1 Å². The van der Waals surface area contributed by atoms with Crippen molar-refractivity contribution in [2.45, 2.75) is 13.0 Å². The summed E-state index contributed by atoms with van der Waals surface area (Å²) in [7, 11) is 0. The van der Waals surface area contributed by atoms with Crippen LogP contribution in [0.25, 0.3) is 5.70 Å². The van der Waals surface area contributed by atoms with E-state index in [4.69, 9.17) is 11.6 Å². The summed E-state index contributed by atoms with van der Waals surface area (Å²) in [4.78, 5) is 17.0. The molecule has 6 nitrogen and oxygen atoms in total. The highest BCUT2D eigenvalue weighted by Gasteiger charge is 2.26. The third kappa shape index (κ3) is 4.23. The highest BCUT2D eigenvalue weighted by molar-refractivity contribution is 6.30. The minimum absolute atomic E-state index is 0.0725. The van der Waals surface area contributed by atoms with Gasteiger partial charge in [-0.15, -0.1) is 5.10 Å². The monoisotopic (exact) mass is 459 g/mol. The summed E-state index contributed by atoms with van der Waals surface area (Å²) in [5.74, 6) is -0.703. The molecule has 1 aliphatic heterocycles. The third-order valence-corrected chi connectivity index (χ3v) is 5.64. The van der Waals surface area contributed by atoms with Crippen LogP contribution in [0.5, 0.6) is 0 Å². The number of hydrogen-bond acceptors (Lipinski definition) is 4. The quantitative estimate of drug-likeness (QED) is 0.411. The van der Waals surface area contributed by atoms with Crippen LogP contribution < -0.4 is 10.6 Å². The van der Waals surface area contributed by atoms with Crippen LogP contribution in [-0.2, 0) is 0 Å². The van der Waals surface area contributed by atoms with Crippen LogP contribution in [-0.4, -0.2) is 20.7 Å². The lowest BCUT2D eigenvalue weighted by Crippen LogP contribution is -2.20. The molecule has 164 valence electrons. The second kappa shape index (κ2) is 8.52. The van der Waals surface area contributed by atoms with E-state index in [9.17, 15) is 9.18 Å². The number of benzene rings is 3. The molecule has 1 amide bonds. The average Bonchev–Trinajstić information content (AvgIpc) is 3.22. The van der Waals surface area contributed by atoms with Gasteiger partial charge in [-0.1, -0.05) is 65.7 Å². The van der Waals surface area contributed by atoms with Crippen LogP contribution in [0.2, 0.25) is 5.02 Å². The molecule has 2 heterocycles. The standard InChI is InChI=1S/C25H19ClFN5O/c1-15-6-8-16(9-7-15)21-14-22(17-10-12-18(26)13-11-17)32-25(28-21)30-24(31-32)29-23(33)19-4-2-3-5-20(19)27/h2-14,22H,1H3,(H2,28,29,30,31,33)/t22-/m1/s1.